The van der Waals surface area contributed by atoms with Gasteiger partial charge in [0, 0.05) is 12.2 Å². The molecule has 0 spiro atoms. The molecule has 0 unspecified atom stereocenters. The molecule has 0 saturated carbocycles. The first kappa shape index (κ1) is 11.2. The van der Waals surface area contributed by atoms with Crippen LogP contribution in [-0.2, 0) is 13.1 Å². The number of amides is 1. The zero-order valence-electron chi connectivity index (χ0n) is 10.9. The number of pyridine rings is 1. The van der Waals surface area contributed by atoms with Gasteiger partial charge in [-0.3, -0.25) is 9.20 Å². The fourth-order valence-corrected chi connectivity index (χ4v) is 2.74. The summed E-state index contributed by atoms with van der Waals surface area (Å²) in [7, 11) is 0. The molecule has 0 fully saturated rings. The lowest BCUT2D eigenvalue weighted by atomic mass is 10.1. The maximum atomic E-state index is 12.5. The van der Waals surface area contributed by atoms with E-state index in [1.165, 1.54) is 0 Å². The molecule has 1 aliphatic heterocycles. The van der Waals surface area contributed by atoms with Crippen molar-refractivity contribution < 1.29 is 4.79 Å². The Morgan fingerprint density at radius 3 is 2.75 bits per heavy atom. The topological polar surface area (TPSA) is 37.6 Å². The number of aromatic nitrogens is 2. The van der Waals surface area contributed by atoms with Crippen LogP contribution in [0.1, 0.15) is 21.7 Å². The van der Waals surface area contributed by atoms with Crippen molar-refractivity contribution in [2.75, 3.05) is 0 Å². The molecule has 1 aliphatic rings. The smallest absolute Gasteiger partial charge is 0.273 e. The maximum Gasteiger partial charge on any atom is 0.273 e. The number of carbonyl (C=O) groups is 1. The molecule has 20 heavy (non-hydrogen) atoms. The molecule has 3 heterocycles. The van der Waals surface area contributed by atoms with Crippen LogP contribution in [-0.4, -0.2) is 20.2 Å². The van der Waals surface area contributed by atoms with Gasteiger partial charge in [-0.1, -0.05) is 36.4 Å². The molecule has 3 aromatic rings. The van der Waals surface area contributed by atoms with Crippen LogP contribution in [0.3, 0.4) is 0 Å². The third-order valence-electron chi connectivity index (χ3n) is 3.69. The average Bonchev–Trinajstić information content (AvgIpc) is 2.91. The molecule has 1 amide bonds. The molecule has 0 saturated heterocycles. The average molecular weight is 263 g/mol. The second-order valence-corrected chi connectivity index (χ2v) is 5.00. The van der Waals surface area contributed by atoms with Gasteiger partial charge in [-0.15, -0.1) is 0 Å². The predicted octanol–water partition coefficient (Wildman–Crippen LogP) is 2.49. The van der Waals surface area contributed by atoms with Gasteiger partial charge in [-0.25, -0.2) is 4.98 Å². The number of benzene rings is 1. The van der Waals surface area contributed by atoms with Gasteiger partial charge in [0.1, 0.15) is 11.3 Å². The van der Waals surface area contributed by atoms with E-state index in [2.05, 4.69) is 4.98 Å². The quantitative estimate of drug-likeness (QED) is 0.712. The van der Waals surface area contributed by atoms with Crippen molar-refractivity contribution in [3.63, 3.8) is 0 Å². The van der Waals surface area contributed by atoms with E-state index in [1.54, 1.807) is 6.20 Å². The Bertz CT molecular complexity index is 792. The molecular formula is C16H13N3O. The lowest BCUT2D eigenvalue weighted by molar-refractivity contribution is 0.0701. The van der Waals surface area contributed by atoms with Crippen molar-refractivity contribution >= 4 is 11.6 Å². The van der Waals surface area contributed by atoms with Crippen LogP contribution in [0.4, 0.5) is 0 Å². The van der Waals surface area contributed by atoms with Crippen molar-refractivity contribution in [1.29, 1.82) is 0 Å². The molecule has 1 aromatic carbocycles. The van der Waals surface area contributed by atoms with E-state index in [9.17, 15) is 4.79 Å². The molecule has 0 atom stereocenters. The number of carbonyl (C=O) groups excluding carboxylic acids is 1. The third kappa shape index (κ3) is 1.61. The molecule has 98 valence electrons. The Kier molecular flexibility index (Phi) is 2.36. The number of imidazole rings is 1. The number of rotatable bonds is 2. The highest BCUT2D eigenvalue weighted by molar-refractivity contribution is 5.94. The number of nitrogens with zero attached hydrogens (tertiary/aromatic N) is 3. The summed E-state index contributed by atoms with van der Waals surface area (Å²) in [5, 5.41) is 0. The first-order valence-corrected chi connectivity index (χ1v) is 6.61. The summed E-state index contributed by atoms with van der Waals surface area (Å²) in [4.78, 5) is 18.7. The number of hydrogen-bond acceptors (Lipinski definition) is 2. The van der Waals surface area contributed by atoms with E-state index >= 15 is 0 Å². The molecule has 0 aliphatic carbocycles. The van der Waals surface area contributed by atoms with Gasteiger partial charge in [-0.05, 0) is 17.7 Å². The van der Waals surface area contributed by atoms with Gasteiger partial charge in [0.05, 0.1) is 12.7 Å². The standard InChI is InChI=1S/C16H13N3O/c20-16-14-9-17-15-8-4-7-13(19(14)15)11-18(16)10-12-5-2-1-3-6-12/h1-9H,10-11H2. The molecule has 2 aromatic heterocycles. The normalized spacial score (nSPS) is 14.0. The fourth-order valence-electron chi connectivity index (χ4n) is 2.74. The molecule has 4 heteroatoms. The van der Waals surface area contributed by atoms with Crippen molar-refractivity contribution in [1.82, 2.24) is 14.3 Å². The maximum absolute atomic E-state index is 12.5. The van der Waals surface area contributed by atoms with Crippen LogP contribution >= 0.6 is 0 Å². The van der Waals surface area contributed by atoms with E-state index in [4.69, 9.17) is 0 Å². The van der Waals surface area contributed by atoms with Crippen LogP contribution < -0.4 is 0 Å². The minimum absolute atomic E-state index is 0.0417. The van der Waals surface area contributed by atoms with Crippen molar-refractivity contribution in [2.45, 2.75) is 13.1 Å². The fraction of sp³-hybridized carbons (Fsp3) is 0.125. The van der Waals surface area contributed by atoms with Crippen LogP contribution in [0.5, 0.6) is 0 Å². The SMILES string of the molecule is O=C1c2cnc3cccc(n23)CN1Cc1ccccc1. The summed E-state index contributed by atoms with van der Waals surface area (Å²) >= 11 is 0. The Labute approximate surface area is 116 Å². The van der Waals surface area contributed by atoms with Crippen molar-refractivity contribution in [3.05, 3.63) is 71.7 Å². The van der Waals surface area contributed by atoms with Crippen molar-refractivity contribution in [2.24, 2.45) is 0 Å². The molecule has 4 rings (SSSR count). The summed E-state index contributed by atoms with van der Waals surface area (Å²) < 4.78 is 1.95. The molecule has 4 nitrogen and oxygen atoms in total. The van der Waals surface area contributed by atoms with E-state index in [-0.39, 0.29) is 5.91 Å². The zero-order chi connectivity index (χ0) is 13.5. The highest BCUT2D eigenvalue weighted by atomic mass is 16.2. The first-order chi connectivity index (χ1) is 9.83. The summed E-state index contributed by atoms with van der Waals surface area (Å²) in [6, 6.07) is 16.0. The molecule has 0 N–H and O–H groups in total. The second kappa shape index (κ2) is 4.20. The van der Waals surface area contributed by atoms with Gasteiger partial charge in [0.25, 0.3) is 5.91 Å². The van der Waals surface area contributed by atoms with Crippen LogP contribution in [0.2, 0.25) is 0 Å². The minimum atomic E-state index is 0.0417. The Hall–Kier alpha value is -2.62. The van der Waals surface area contributed by atoms with Gasteiger partial charge < -0.3 is 4.90 Å². The van der Waals surface area contributed by atoms with Crippen LogP contribution in [0, 0.1) is 0 Å². The van der Waals surface area contributed by atoms with E-state index < -0.39 is 0 Å². The summed E-state index contributed by atoms with van der Waals surface area (Å²) in [6.07, 6.45) is 1.66. The minimum Gasteiger partial charge on any atom is -0.327 e. The lowest BCUT2D eigenvalue weighted by Gasteiger charge is -2.27. The van der Waals surface area contributed by atoms with Crippen LogP contribution in [0.25, 0.3) is 5.65 Å². The first-order valence-electron chi connectivity index (χ1n) is 6.61. The monoisotopic (exact) mass is 263 g/mol. The molecular weight excluding hydrogens is 250 g/mol. The summed E-state index contributed by atoms with van der Waals surface area (Å²) in [6.45, 7) is 1.25. The van der Waals surface area contributed by atoms with Gasteiger partial charge in [0.2, 0.25) is 0 Å². The summed E-state index contributed by atoms with van der Waals surface area (Å²) in [5.41, 5.74) is 3.73. The Balaban J connectivity index is 1.74. The highest BCUT2D eigenvalue weighted by Gasteiger charge is 2.26. The molecule has 0 radical (unpaired) electrons. The predicted molar refractivity (Wildman–Crippen MR) is 75.2 cm³/mol. The Morgan fingerprint density at radius 1 is 1.05 bits per heavy atom. The van der Waals surface area contributed by atoms with Gasteiger partial charge in [-0.2, -0.15) is 0 Å². The highest BCUT2D eigenvalue weighted by Crippen LogP contribution is 2.21. The van der Waals surface area contributed by atoms with Crippen LogP contribution in [0.15, 0.2) is 54.7 Å². The summed E-state index contributed by atoms with van der Waals surface area (Å²) in [5.74, 6) is 0.0417. The lowest BCUT2D eigenvalue weighted by Crippen LogP contribution is -2.35. The van der Waals surface area contributed by atoms with E-state index in [0.29, 0.717) is 18.8 Å². The zero-order valence-corrected chi connectivity index (χ0v) is 10.9. The van der Waals surface area contributed by atoms with Crippen molar-refractivity contribution in [3.8, 4) is 0 Å². The molecule has 0 bridgehead atoms. The van der Waals surface area contributed by atoms with Gasteiger partial charge >= 0.3 is 0 Å². The second-order valence-electron chi connectivity index (χ2n) is 5.00. The van der Waals surface area contributed by atoms with E-state index in [0.717, 1.165) is 16.9 Å². The van der Waals surface area contributed by atoms with E-state index in [1.807, 2.05) is 57.8 Å². The Morgan fingerprint density at radius 2 is 1.90 bits per heavy atom. The van der Waals surface area contributed by atoms with Gasteiger partial charge in [0.15, 0.2) is 0 Å². The third-order valence-corrected chi connectivity index (χ3v) is 3.69. The largest absolute Gasteiger partial charge is 0.327 e. The number of hydrogen-bond donors (Lipinski definition) is 0.